The highest BCUT2D eigenvalue weighted by Gasteiger charge is 2.04. The second kappa shape index (κ2) is 8.09. The predicted molar refractivity (Wildman–Crippen MR) is 49.4 cm³/mol. The van der Waals surface area contributed by atoms with Gasteiger partial charge < -0.3 is 9.47 Å². The minimum absolute atomic E-state index is 0.692. The molecule has 0 N–H and O–H groups in total. The average Bonchev–Trinajstić information content (AvgIpc) is 1.99. The predicted octanol–water partition coefficient (Wildman–Crippen LogP) is 1.72. The summed E-state index contributed by atoms with van der Waals surface area (Å²) >= 11 is 0. The molecule has 2 nitrogen and oxygen atoms in total. The highest BCUT2D eigenvalue weighted by molar-refractivity contribution is 6.57. The summed E-state index contributed by atoms with van der Waals surface area (Å²) in [6.07, 6.45) is 2.50. The van der Waals surface area contributed by atoms with E-state index in [4.69, 9.17) is 9.47 Å². The highest BCUT2D eigenvalue weighted by atomic mass is 16.5. The lowest BCUT2D eigenvalue weighted by atomic mass is 9.50. The van der Waals surface area contributed by atoms with Crippen LogP contribution in [0, 0.1) is 0 Å². The van der Waals surface area contributed by atoms with Crippen molar-refractivity contribution in [3.8, 4) is 0 Å². The van der Waals surface area contributed by atoms with Crippen LogP contribution in [-0.4, -0.2) is 33.5 Å². The molecule has 3 heteroatoms. The van der Waals surface area contributed by atoms with Gasteiger partial charge in [-0.2, -0.15) is 0 Å². The third-order valence-corrected chi connectivity index (χ3v) is 1.62. The summed E-state index contributed by atoms with van der Waals surface area (Å²) in [5, 5.41) is 0. The number of hydrogen-bond acceptors (Lipinski definition) is 2. The van der Waals surface area contributed by atoms with Crippen LogP contribution in [-0.2, 0) is 9.47 Å². The largest absolute Gasteiger partial charge is 0.387 e. The van der Waals surface area contributed by atoms with Crippen LogP contribution in [0.3, 0.4) is 0 Å². The van der Waals surface area contributed by atoms with E-state index in [1.165, 1.54) is 12.7 Å². The van der Waals surface area contributed by atoms with Crippen molar-refractivity contribution in [2.75, 3.05) is 26.8 Å². The van der Waals surface area contributed by atoms with E-state index in [9.17, 15) is 0 Å². The maximum atomic E-state index is 5.36. The van der Waals surface area contributed by atoms with Crippen molar-refractivity contribution in [1.82, 2.24) is 0 Å². The van der Waals surface area contributed by atoms with Gasteiger partial charge in [0.15, 0.2) is 6.71 Å². The first-order chi connectivity index (χ1) is 5.31. The van der Waals surface area contributed by atoms with Crippen LogP contribution in [0.5, 0.6) is 0 Å². The molecule has 66 valence electrons. The second-order valence-electron chi connectivity index (χ2n) is 2.96. The van der Waals surface area contributed by atoms with E-state index >= 15 is 0 Å². The summed E-state index contributed by atoms with van der Waals surface area (Å²) in [7, 11) is 1.69. The Bertz CT molecular complexity index is 78.5. The molecule has 0 aromatic heterocycles. The summed E-state index contributed by atoms with van der Waals surface area (Å²) in [4.78, 5) is 0. The molecule has 0 spiro atoms. The van der Waals surface area contributed by atoms with Gasteiger partial charge >= 0.3 is 0 Å². The van der Waals surface area contributed by atoms with E-state index in [2.05, 4.69) is 13.7 Å². The SMILES string of the molecule is CCCB(C)COCCOC. The van der Waals surface area contributed by atoms with Gasteiger partial charge in [-0.15, -0.1) is 0 Å². The number of rotatable bonds is 7. The monoisotopic (exact) mass is 158 g/mol. The van der Waals surface area contributed by atoms with Crippen LogP contribution in [0.1, 0.15) is 13.3 Å². The molecule has 0 fully saturated rings. The Morgan fingerprint density at radius 3 is 2.55 bits per heavy atom. The lowest BCUT2D eigenvalue weighted by molar-refractivity contribution is 0.0915. The van der Waals surface area contributed by atoms with E-state index in [1.54, 1.807) is 7.11 Å². The Morgan fingerprint density at radius 2 is 2.00 bits per heavy atom. The minimum atomic E-state index is 0.692. The van der Waals surface area contributed by atoms with Crippen molar-refractivity contribution < 1.29 is 9.47 Å². The first-order valence-electron chi connectivity index (χ1n) is 4.38. The van der Waals surface area contributed by atoms with Crippen LogP contribution < -0.4 is 0 Å². The molecular weight excluding hydrogens is 139 g/mol. The van der Waals surface area contributed by atoms with Crippen LogP contribution in [0.25, 0.3) is 0 Å². The van der Waals surface area contributed by atoms with E-state index in [1.807, 2.05) is 0 Å². The van der Waals surface area contributed by atoms with Gasteiger partial charge in [0.2, 0.25) is 0 Å². The van der Waals surface area contributed by atoms with E-state index in [0.717, 1.165) is 13.1 Å². The van der Waals surface area contributed by atoms with Gasteiger partial charge in [-0.25, -0.2) is 0 Å². The zero-order valence-electron chi connectivity index (χ0n) is 7.93. The van der Waals surface area contributed by atoms with Gasteiger partial charge in [0.25, 0.3) is 0 Å². The molecule has 11 heavy (non-hydrogen) atoms. The molecule has 0 aliphatic carbocycles. The maximum Gasteiger partial charge on any atom is 0.168 e. The fourth-order valence-corrected chi connectivity index (χ4v) is 1.00. The summed E-state index contributed by atoms with van der Waals surface area (Å²) in [6.45, 7) is 7.42. The van der Waals surface area contributed by atoms with Gasteiger partial charge in [-0.05, 0) is 0 Å². The average molecular weight is 158 g/mol. The Balaban J connectivity index is 2.97. The van der Waals surface area contributed by atoms with Gasteiger partial charge in [0.05, 0.1) is 13.2 Å². The standard InChI is InChI=1S/C8H19BO2/c1-4-5-9(2)8-11-7-6-10-3/h4-8H2,1-3H3. The lowest BCUT2D eigenvalue weighted by Gasteiger charge is -2.06. The maximum absolute atomic E-state index is 5.36. The van der Waals surface area contributed by atoms with Crippen molar-refractivity contribution >= 4 is 6.71 Å². The molecule has 0 aromatic carbocycles. The molecule has 0 saturated heterocycles. The molecule has 0 aliphatic heterocycles. The summed E-state index contributed by atoms with van der Waals surface area (Å²) in [5.41, 5.74) is 0. The molecule has 0 bridgehead atoms. The molecular formula is C8H19BO2. The summed E-state index contributed by atoms with van der Waals surface area (Å²) in [5.74, 6) is 0. The number of methoxy groups -OCH3 is 1. The Hall–Kier alpha value is -0.0151. The quantitative estimate of drug-likeness (QED) is 0.414. The van der Waals surface area contributed by atoms with E-state index in [-0.39, 0.29) is 0 Å². The molecule has 0 aromatic rings. The Morgan fingerprint density at radius 1 is 1.27 bits per heavy atom. The first kappa shape index (κ1) is 11.0. The molecule has 0 unspecified atom stereocenters. The molecule has 0 rings (SSSR count). The zero-order valence-corrected chi connectivity index (χ0v) is 7.93. The summed E-state index contributed by atoms with van der Waals surface area (Å²) in [6, 6.07) is 0. The van der Waals surface area contributed by atoms with Crippen LogP contribution in [0.4, 0.5) is 0 Å². The molecule has 0 heterocycles. The van der Waals surface area contributed by atoms with E-state index < -0.39 is 0 Å². The normalized spacial score (nSPS) is 10.1. The first-order valence-corrected chi connectivity index (χ1v) is 4.38. The molecule has 0 atom stereocenters. The van der Waals surface area contributed by atoms with Gasteiger partial charge in [0.1, 0.15) is 0 Å². The number of hydrogen-bond donors (Lipinski definition) is 0. The third kappa shape index (κ3) is 7.89. The fraction of sp³-hybridized carbons (Fsp3) is 1.00. The zero-order chi connectivity index (χ0) is 8.53. The smallest absolute Gasteiger partial charge is 0.168 e. The highest BCUT2D eigenvalue weighted by Crippen LogP contribution is 1.96. The lowest BCUT2D eigenvalue weighted by Crippen LogP contribution is -2.17. The number of ether oxygens (including phenoxy) is 2. The van der Waals surface area contributed by atoms with Crippen molar-refractivity contribution in [3.05, 3.63) is 0 Å². The van der Waals surface area contributed by atoms with Crippen molar-refractivity contribution in [1.29, 1.82) is 0 Å². The Kier molecular flexibility index (Phi) is 8.07. The van der Waals surface area contributed by atoms with E-state index in [0.29, 0.717) is 13.3 Å². The molecule has 0 aliphatic rings. The Labute approximate surface area is 70.3 Å². The minimum Gasteiger partial charge on any atom is -0.387 e. The second-order valence-corrected chi connectivity index (χ2v) is 2.96. The molecule has 0 amide bonds. The van der Waals surface area contributed by atoms with Crippen molar-refractivity contribution in [3.63, 3.8) is 0 Å². The van der Waals surface area contributed by atoms with Crippen LogP contribution in [0.15, 0.2) is 0 Å². The van der Waals surface area contributed by atoms with Gasteiger partial charge in [-0.1, -0.05) is 26.5 Å². The fourth-order valence-electron chi connectivity index (χ4n) is 1.00. The van der Waals surface area contributed by atoms with Gasteiger partial charge in [0, 0.05) is 13.6 Å². The van der Waals surface area contributed by atoms with Crippen molar-refractivity contribution in [2.24, 2.45) is 0 Å². The van der Waals surface area contributed by atoms with Crippen LogP contribution in [0.2, 0.25) is 13.1 Å². The van der Waals surface area contributed by atoms with Crippen molar-refractivity contribution in [2.45, 2.75) is 26.5 Å². The molecule has 0 saturated carbocycles. The summed E-state index contributed by atoms with van der Waals surface area (Å²) < 4.78 is 10.2. The van der Waals surface area contributed by atoms with Crippen LogP contribution >= 0.6 is 0 Å². The topological polar surface area (TPSA) is 18.5 Å². The van der Waals surface area contributed by atoms with Gasteiger partial charge in [-0.3, -0.25) is 0 Å². The third-order valence-electron chi connectivity index (χ3n) is 1.62. The molecule has 0 radical (unpaired) electrons.